The molecule has 3 aromatic carbocycles. The quantitative estimate of drug-likeness (QED) is 0.543. The van der Waals surface area contributed by atoms with Gasteiger partial charge in [0, 0.05) is 30.9 Å². The second-order valence-corrected chi connectivity index (χ2v) is 8.99. The number of nitrogens with zero attached hydrogens (tertiary/aromatic N) is 2. The van der Waals surface area contributed by atoms with Crippen molar-refractivity contribution in [1.29, 1.82) is 0 Å². The molecule has 5 nitrogen and oxygen atoms in total. The lowest BCUT2D eigenvalue weighted by Gasteiger charge is -2.23. The number of hydrogen-bond donors (Lipinski definition) is 0. The molecule has 0 aromatic heterocycles. The summed E-state index contributed by atoms with van der Waals surface area (Å²) < 4.78 is 5.69. The lowest BCUT2D eigenvalue weighted by molar-refractivity contribution is -0.123. The van der Waals surface area contributed by atoms with Crippen molar-refractivity contribution >= 4 is 17.5 Å². The van der Waals surface area contributed by atoms with E-state index in [1.807, 2.05) is 30.3 Å². The zero-order valence-electron chi connectivity index (χ0n) is 19.7. The Morgan fingerprint density at radius 1 is 0.970 bits per heavy atom. The van der Waals surface area contributed by atoms with Gasteiger partial charge >= 0.3 is 0 Å². The zero-order valence-corrected chi connectivity index (χ0v) is 19.7. The van der Waals surface area contributed by atoms with E-state index in [1.165, 1.54) is 5.56 Å². The first-order chi connectivity index (χ1) is 15.8. The van der Waals surface area contributed by atoms with E-state index >= 15 is 0 Å². The van der Waals surface area contributed by atoms with Crippen LogP contribution in [0.3, 0.4) is 0 Å². The van der Waals surface area contributed by atoms with Crippen LogP contribution in [0, 0.1) is 0 Å². The highest BCUT2D eigenvalue weighted by atomic mass is 16.5. The number of hydrogen-bond acceptors (Lipinski definition) is 3. The molecule has 0 fully saturated rings. The average molecular weight is 443 g/mol. The van der Waals surface area contributed by atoms with Crippen LogP contribution in [0.1, 0.15) is 46.8 Å². The fraction of sp³-hybridized carbons (Fsp3) is 0.286. The Balaban J connectivity index is 1.63. The summed E-state index contributed by atoms with van der Waals surface area (Å²) in [6.07, 6.45) is 0. The summed E-state index contributed by atoms with van der Waals surface area (Å²) in [5, 5.41) is 0. The summed E-state index contributed by atoms with van der Waals surface area (Å²) in [6.45, 7) is 5.25. The van der Waals surface area contributed by atoms with Crippen LogP contribution in [0.5, 0.6) is 0 Å². The molecule has 0 aliphatic carbocycles. The molecule has 1 aliphatic rings. The summed E-state index contributed by atoms with van der Waals surface area (Å²) in [4.78, 5) is 28.3. The van der Waals surface area contributed by atoms with Crippen molar-refractivity contribution in [3.05, 3.63) is 89.0 Å². The number of ether oxygens (including phenoxy) is 1. The predicted octanol–water partition coefficient (Wildman–Crippen LogP) is 5.24. The summed E-state index contributed by atoms with van der Waals surface area (Å²) >= 11 is 0. The van der Waals surface area contributed by atoms with Crippen molar-refractivity contribution in [2.24, 2.45) is 0 Å². The normalized spacial score (nSPS) is 13.6. The molecule has 0 unspecified atom stereocenters. The molecule has 33 heavy (non-hydrogen) atoms. The van der Waals surface area contributed by atoms with E-state index < -0.39 is 0 Å². The van der Waals surface area contributed by atoms with Crippen LogP contribution in [0.25, 0.3) is 11.1 Å². The van der Waals surface area contributed by atoms with E-state index in [0.717, 1.165) is 27.9 Å². The minimum Gasteiger partial charge on any atom is -0.367 e. The third-order valence-corrected chi connectivity index (χ3v) is 5.99. The fourth-order valence-electron chi connectivity index (χ4n) is 4.05. The average Bonchev–Trinajstić information content (AvgIpc) is 2.97. The number of amides is 2. The first-order valence-corrected chi connectivity index (χ1v) is 11.3. The Hall–Kier alpha value is -3.44. The Labute approximate surface area is 195 Å². The zero-order chi connectivity index (χ0) is 23.5. The molecule has 0 radical (unpaired) electrons. The largest absolute Gasteiger partial charge is 0.367 e. The van der Waals surface area contributed by atoms with Crippen LogP contribution >= 0.6 is 0 Å². The van der Waals surface area contributed by atoms with Gasteiger partial charge < -0.3 is 14.5 Å². The minimum absolute atomic E-state index is 0.0415. The van der Waals surface area contributed by atoms with Gasteiger partial charge in [0.15, 0.2) is 0 Å². The maximum absolute atomic E-state index is 12.9. The number of benzene rings is 3. The van der Waals surface area contributed by atoms with Crippen LogP contribution < -0.4 is 4.90 Å². The molecule has 0 saturated carbocycles. The van der Waals surface area contributed by atoms with Gasteiger partial charge in [0.2, 0.25) is 0 Å². The van der Waals surface area contributed by atoms with Gasteiger partial charge in [-0.25, -0.2) is 0 Å². The Kier molecular flexibility index (Phi) is 6.61. The number of carbonyl (C=O) groups is 2. The topological polar surface area (TPSA) is 49.9 Å². The lowest BCUT2D eigenvalue weighted by Crippen LogP contribution is -2.32. The molecule has 4 rings (SSSR count). The van der Waals surface area contributed by atoms with Crippen molar-refractivity contribution in [2.45, 2.75) is 32.9 Å². The van der Waals surface area contributed by atoms with Gasteiger partial charge in [-0.3, -0.25) is 9.59 Å². The second-order valence-electron chi connectivity index (χ2n) is 8.99. The molecule has 3 aromatic rings. The highest BCUT2D eigenvalue weighted by molar-refractivity contribution is 5.96. The Morgan fingerprint density at radius 2 is 1.70 bits per heavy atom. The number of carbonyl (C=O) groups excluding carboxylic acids is 2. The summed E-state index contributed by atoms with van der Waals surface area (Å²) in [7, 11) is 3.47. The molecule has 1 heterocycles. The van der Waals surface area contributed by atoms with Crippen LogP contribution in [-0.4, -0.2) is 37.4 Å². The summed E-state index contributed by atoms with van der Waals surface area (Å²) in [5.41, 5.74) is 7.02. The summed E-state index contributed by atoms with van der Waals surface area (Å²) in [5.74, 6) is 0.346. The molecule has 2 amide bonds. The second kappa shape index (κ2) is 9.59. The Morgan fingerprint density at radius 3 is 2.39 bits per heavy atom. The first kappa shape index (κ1) is 22.7. The number of anilines is 1. The molecular weight excluding hydrogens is 412 g/mol. The van der Waals surface area contributed by atoms with Gasteiger partial charge in [0.1, 0.15) is 6.61 Å². The summed E-state index contributed by atoms with van der Waals surface area (Å²) in [6, 6.07) is 22.2. The molecule has 170 valence electrons. The number of rotatable bonds is 5. The molecular formula is C28H30N2O3. The minimum atomic E-state index is -0.0725. The van der Waals surface area contributed by atoms with Gasteiger partial charge in [-0.1, -0.05) is 56.3 Å². The highest BCUT2D eigenvalue weighted by Gasteiger charge is 2.23. The van der Waals surface area contributed by atoms with Gasteiger partial charge in [0.25, 0.3) is 11.8 Å². The van der Waals surface area contributed by atoms with Gasteiger partial charge in [-0.2, -0.15) is 0 Å². The van der Waals surface area contributed by atoms with Crippen molar-refractivity contribution < 1.29 is 14.3 Å². The standard InChI is InChI=1S/C28H30N2O3/c1-19(2)22-6-5-7-23(14-22)24-12-13-26-25(15-24)17-33-18-27(31)30(26)16-20-8-10-21(11-9-20)28(32)29(3)4/h5-15,19H,16-18H2,1-4H3. The van der Waals surface area contributed by atoms with Crippen LogP contribution in [-0.2, 0) is 22.7 Å². The first-order valence-electron chi connectivity index (χ1n) is 11.3. The molecule has 0 bridgehead atoms. The number of fused-ring (bicyclic) bond motifs is 1. The maximum Gasteiger partial charge on any atom is 0.253 e. The smallest absolute Gasteiger partial charge is 0.253 e. The van der Waals surface area contributed by atoms with E-state index in [1.54, 1.807) is 23.9 Å². The van der Waals surface area contributed by atoms with Crippen LogP contribution in [0.4, 0.5) is 5.69 Å². The molecule has 0 spiro atoms. The maximum atomic E-state index is 12.9. The predicted molar refractivity (Wildman–Crippen MR) is 131 cm³/mol. The van der Waals surface area contributed by atoms with Crippen molar-refractivity contribution in [2.75, 3.05) is 25.6 Å². The molecule has 5 heteroatoms. The SMILES string of the molecule is CC(C)c1cccc(-c2ccc3c(c2)COCC(=O)N3Cc2ccc(C(=O)N(C)C)cc2)c1. The van der Waals surface area contributed by atoms with Gasteiger partial charge in [0.05, 0.1) is 13.2 Å². The monoisotopic (exact) mass is 442 g/mol. The van der Waals surface area contributed by atoms with E-state index in [-0.39, 0.29) is 18.4 Å². The van der Waals surface area contributed by atoms with E-state index in [2.05, 4.69) is 50.2 Å². The highest BCUT2D eigenvalue weighted by Crippen LogP contribution is 2.32. The molecule has 0 N–H and O–H groups in total. The van der Waals surface area contributed by atoms with Crippen LogP contribution in [0.15, 0.2) is 66.7 Å². The van der Waals surface area contributed by atoms with Gasteiger partial charge in [-0.05, 0) is 52.4 Å². The molecule has 0 saturated heterocycles. The van der Waals surface area contributed by atoms with E-state index in [9.17, 15) is 9.59 Å². The fourth-order valence-corrected chi connectivity index (χ4v) is 4.05. The van der Waals surface area contributed by atoms with E-state index in [0.29, 0.717) is 24.6 Å². The van der Waals surface area contributed by atoms with Crippen molar-refractivity contribution in [3.63, 3.8) is 0 Å². The van der Waals surface area contributed by atoms with E-state index in [4.69, 9.17) is 4.74 Å². The third kappa shape index (κ3) is 4.99. The van der Waals surface area contributed by atoms with Crippen molar-refractivity contribution in [3.8, 4) is 11.1 Å². The third-order valence-electron chi connectivity index (χ3n) is 5.99. The molecule has 1 aliphatic heterocycles. The lowest BCUT2D eigenvalue weighted by atomic mass is 9.96. The van der Waals surface area contributed by atoms with Crippen molar-refractivity contribution in [1.82, 2.24) is 4.90 Å². The molecule has 0 atom stereocenters. The Bertz CT molecular complexity index is 1170. The van der Waals surface area contributed by atoms with Crippen LogP contribution in [0.2, 0.25) is 0 Å². The van der Waals surface area contributed by atoms with Gasteiger partial charge in [-0.15, -0.1) is 0 Å².